The van der Waals surface area contributed by atoms with Crippen molar-refractivity contribution in [3.05, 3.63) is 105 Å². The predicted molar refractivity (Wildman–Crippen MR) is 130 cm³/mol. The molecule has 0 bridgehead atoms. The number of benzene rings is 2. The Kier molecular flexibility index (Phi) is 7.91. The van der Waals surface area contributed by atoms with E-state index in [9.17, 15) is 22.8 Å². The summed E-state index contributed by atoms with van der Waals surface area (Å²) in [7, 11) is 0. The molecule has 1 atom stereocenters. The molecular formula is C27H28F3N3O3. The van der Waals surface area contributed by atoms with E-state index in [-0.39, 0.29) is 18.2 Å². The van der Waals surface area contributed by atoms with Gasteiger partial charge in [-0.05, 0) is 42.3 Å². The van der Waals surface area contributed by atoms with E-state index in [4.69, 9.17) is 4.74 Å². The van der Waals surface area contributed by atoms with Crippen molar-refractivity contribution in [2.24, 2.45) is 0 Å². The summed E-state index contributed by atoms with van der Waals surface area (Å²) in [4.78, 5) is 28.1. The maximum atomic E-state index is 13.0. The van der Waals surface area contributed by atoms with E-state index in [1.165, 1.54) is 22.8 Å². The van der Waals surface area contributed by atoms with Gasteiger partial charge >= 0.3 is 6.18 Å². The van der Waals surface area contributed by atoms with Gasteiger partial charge in [-0.2, -0.15) is 13.2 Å². The fourth-order valence-corrected chi connectivity index (χ4v) is 4.37. The number of hydrogen-bond acceptors (Lipinski definition) is 4. The summed E-state index contributed by atoms with van der Waals surface area (Å²) in [6.45, 7) is 4.59. The van der Waals surface area contributed by atoms with Gasteiger partial charge in [-0.3, -0.25) is 14.5 Å². The quantitative estimate of drug-likeness (QED) is 0.533. The van der Waals surface area contributed by atoms with Crippen LogP contribution in [0.15, 0.2) is 71.7 Å². The highest BCUT2D eigenvalue weighted by Crippen LogP contribution is 2.31. The summed E-state index contributed by atoms with van der Waals surface area (Å²) >= 11 is 0. The maximum Gasteiger partial charge on any atom is 0.416 e. The molecule has 0 aliphatic carbocycles. The lowest BCUT2D eigenvalue weighted by molar-refractivity contribution is -0.137. The number of alkyl halides is 3. The molecule has 0 spiro atoms. The third-order valence-corrected chi connectivity index (χ3v) is 6.27. The van der Waals surface area contributed by atoms with E-state index in [1.807, 2.05) is 31.2 Å². The molecule has 1 aliphatic heterocycles. The molecule has 0 radical (unpaired) electrons. The van der Waals surface area contributed by atoms with Crippen LogP contribution in [0, 0.1) is 6.92 Å². The Morgan fingerprint density at radius 3 is 2.44 bits per heavy atom. The van der Waals surface area contributed by atoms with E-state index in [1.54, 1.807) is 12.3 Å². The minimum absolute atomic E-state index is 0.0123. The fourth-order valence-electron chi connectivity index (χ4n) is 4.37. The van der Waals surface area contributed by atoms with Crippen LogP contribution in [0.3, 0.4) is 0 Å². The average molecular weight is 500 g/mol. The van der Waals surface area contributed by atoms with Crippen molar-refractivity contribution >= 4 is 5.91 Å². The van der Waals surface area contributed by atoms with Crippen molar-refractivity contribution in [3.8, 4) is 0 Å². The van der Waals surface area contributed by atoms with Crippen LogP contribution in [0.1, 0.15) is 38.7 Å². The zero-order valence-electron chi connectivity index (χ0n) is 19.9. The summed E-state index contributed by atoms with van der Waals surface area (Å²) in [6.07, 6.45) is -2.78. The van der Waals surface area contributed by atoms with Gasteiger partial charge < -0.3 is 14.6 Å². The van der Waals surface area contributed by atoms with Gasteiger partial charge in [0.15, 0.2) is 0 Å². The van der Waals surface area contributed by atoms with Crippen LogP contribution >= 0.6 is 0 Å². The van der Waals surface area contributed by atoms with Crippen LogP contribution in [0.5, 0.6) is 0 Å². The molecular weight excluding hydrogens is 471 g/mol. The number of nitrogens with one attached hydrogen (secondary N) is 1. The molecule has 1 fully saturated rings. The van der Waals surface area contributed by atoms with Gasteiger partial charge in [0.2, 0.25) is 0 Å². The molecule has 1 saturated heterocycles. The van der Waals surface area contributed by atoms with Crippen molar-refractivity contribution in [1.82, 2.24) is 14.8 Å². The molecule has 9 heteroatoms. The normalized spacial score (nSPS) is 15.4. The van der Waals surface area contributed by atoms with Gasteiger partial charge in [0.1, 0.15) is 5.56 Å². The van der Waals surface area contributed by atoms with Crippen LogP contribution in [-0.2, 0) is 17.5 Å². The zero-order chi connectivity index (χ0) is 25.7. The first kappa shape index (κ1) is 25.7. The summed E-state index contributed by atoms with van der Waals surface area (Å²) in [5, 5.41) is 2.82. The van der Waals surface area contributed by atoms with E-state index >= 15 is 0 Å². The zero-order valence-corrected chi connectivity index (χ0v) is 19.9. The van der Waals surface area contributed by atoms with E-state index < -0.39 is 23.2 Å². The van der Waals surface area contributed by atoms with Gasteiger partial charge in [0.05, 0.1) is 31.4 Å². The van der Waals surface area contributed by atoms with Gasteiger partial charge in [0.25, 0.3) is 11.5 Å². The minimum Gasteiger partial charge on any atom is -0.379 e. The van der Waals surface area contributed by atoms with E-state index in [0.29, 0.717) is 38.4 Å². The molecule has 2 aromatic carbocycles. The molecule has 36 heavy (non-hydrogen) atoms. The molecule has 4 rings (SSSR count). The first-order chi connectivity index (χ1) is 17.2. The number of aryl methyl sites for hydroxylation is 1. The van der Waals surface area contributed by atoms with Gasteiger partial charge in [-0.15, -0.1) is 0 Å². The van der Waals surface area contributed by atoms with Gasteiger partial charge in [-0.1, -0.05) is 42.0 Å². The van der Waals surface area contributed by atoms with Crippen molar-refractivity contribution in [2.75, 3.05) is 32.8 Å². The number of carbonyl (C=O) groups is 1. The first-order valence-corrected chi connectivity index (χ1v) is 11.7. The van der Waals surface area contributed by atoms with E-state index in [2.05, 4.69) is 10.2 Å². The Morgan fingerprint density at radius 2 is 1.78 bits per heavy atom. The number of rotatable bonds is 7. The SMILES string of the molecule is Cc1cccc(Cn2cccc(C(=O)NCC(c3ccc(C(F)(F)F)cc3)N3CCOCC3)c2=O)c1. The highest BCUT2D eigenvalue weighted by atomic mass is 19.4. The van der Waals surface area contributed by atoms with Crippen molar-refractivity contribution in [3.63, 3.8) is 0 Å². The van der Waals surface area contributed by atoms with Gasteiger partial charge in [0, 0.05) is 25.8 Å². The molecule has 1 aromatic heterocycles. The number of hydrogen-bond donors (Lipinski definition) is 1. The van der Waals surface area contributed by atoms with Crippen LogP contribution < -0.4 is 10.9 Å². The van der Waals surface area contributed by atoms with Crippen LogP contribution in [0.2, 0.25) is 0 Å². The molecule has 3 aromatic rings. The molecule has 190 valence electrons. The number of nitrogens with zero attached hydrogens (tertiary/aromatic N) is 2. The first-order valence-electron chi connectivity index (χ1n) is 11.7. The van der Waals surface area contributed by atoms with Crippen molar-refractivity contribution < 1.29 is 22.7 Å². The lowest BCUT2D eigenvalue weighted by Gasteiger charge is -2.35. The third-order valence-electron chi connectivity index (χ3n) is 6.27. The topological polar surface area (TPSA) is 63.6 Å². The second-order valence-electron chi connectivity index (χ2n) is 8.84. The highest BCUT2D eigenvalue weighted by molar-refractivity contribution is 5.93. The molecule has 1 unspecified atom stereocenters. The lowest BCUT2D eigenvalue weighted by atomic mass is 10.0. The number of halogens is 3. The smallest absolute Gasteiger partial charge is 0.379 e. The molecule has 1 N–H and O–H groups in total. The Balaban J connectivity index is 1.51. The molecule has 0 saturated carbocycles. The molecule has 6 nitrogen and oxygen atoms in total. The molecule has 1 aliphatic rings. The lowest BCUT2D eigenvalue weighted by Crippen LogP contribution is -2.44. The third kappa shape index (κ3) is 6.22. The van der Waals surface area contributed by atoms with Crippen molar-refractivity contribution in [2.45, 2.75) is 25.7 Å². The highest BCUT2D eigenvalue weighted by Gasteiger charge is 2.31. The molecule has 1 amide bonds. The van der Waals surface area contributed by atoms with Crippen molar-refractivity contribution in [1.29, 1.82) is 0 Å². The largest absolute Gasteiger partial charge is 0.416 e. The van der Waals surface area contributed by atoms with Gasteiger partial charge in [-0.25, -0.2) is 0 Å². The second-order valence-corrected chi connectivity index (χ2v) is 8.84. The Hall–Kier alpha value is -3.43. The summed E-state index contributed by atoms with van der Waals surface area (Å²) < 4.78 is 46.0. The number of carbonyl (C=O) groups excluding carboxylic acids is 1. The second kappa shape index (κ2) is 11.1. The Labute approximate surface area is 207 Å². The average Bonchev–Trinajstić information content (AvgIpc) is 2.86. The minimum atomic E-state index is -4.42. The number of ether oxygens (including phenoxy) is 1. The fraction of sp³-hybridized carbons (Fsp3) is 0.333. The monoisotopic (exact) mass is 499 g/mol. The van der Waals surface area contributed by atoms with Crippen LogP contribution in [-0.4, -0.2) is 48.2 Å². The number of morpholine rings is 1. The van der Waals surface area contributed by atoms with Crippen LogP contribution in [0.4, 0.5) is 13.2 Å². The summed E-state index contributed by atoms with van der Waals surface area (Å²) in [6, 6.07) is 15.5. The predicted octanol–water partition coefficient (Wildman–Crippen LogP) is 4.03. The Bertz CT molecular complexity index is 1250. The summed E-state index contributed by atoms with van der Waals surface area (Å²) in [5.41, 5.74) is 1.55. The number of aromatic nitrogens is 1. The van der Waals surface area contributed by atoms with E-state index in [0.717, 1.165) is 23.3 Å². The number of pyridine rings is 1. The maximum absolute atomic E-state index is 13.0. The standard InChI is InChI=1S/C27H28F3N3O3/c1-19-4-2-5-20(16-19)18-33-11-3-6-23(26(33)35)25(34)31-17-24(32-12-14-36-15-13-32)21-7-9-22(10-8-21)27(28,29)30/h2-11,16,24H,12-15,17-18H2,1H3,(H,31,34). The summed E-state index contributed by atoms with van der Waals surface area (Å²) in [5.74, 6) is -0.524. The molecule has 2 heterocycles. The van der Waals surface area contributed by atoms with Crippen LogP contribution in [0.25, 0.3) is 0 Å². The Morgan fingerprint density at radius 1 is 1.06 bits per heavy atom. The number of amides is 1.